The van der Waals surface area contributed by atoms with Crippen LogP contribution in [0.25, 0.3) is 0 Å². The van der Waals surface area contributed by atoms with Crippen LogP contribution < -0.4 is 0 Å². The third kappa shape index (κ3) is 2.68. The molecule has 1 amide bonds. The molecule has 1 aliphatic heterocycles. The van der Waals surface area contributed by atoms with Gasteiger partial charge < -0.3 is 9.42 Å². The fraction of sp³-hybridized carbons (Fsp3) is 0.583. The van der Waals surface area contributed by atoms with E-state index >= 15 is 0 Å². The molecule has 1 fully saturated rings. The number of amides is 1. The molecule has 20 heavy (non-hydrogen) atoms. The largest absolute Gasteiger partial charge is 0.340 e. The van der Waals surface area contributed by atoms with E-state index in [-0.39, 0.29) is 18.4 Å². The maximum atomic E-state index is 12.2. The van der Waals surface area contributed by atoms with Gasteiger partial charge in [-0.1, -0.05) is 5.16 Å². The van der Waals surface area contributed by atoms with Gasteiger partial charge in [0.25, 0.3) is 0 Å². The van der Waals surface area contributed by atoms with Gasteiger partial charge in [0, 0.05) is 13.1 Å². The summed E-state index contributed by atoms with van der Waals surface area (Å²) in [5.74, 6) is 1.42. The van der Waals surface area contributed by atoms with E-state index in [4.69, 9.17) is 4.52 Å². The molecule has 0 bridgehead atoms. The molecule has 2 aromatic rings. The molecule has 0 aromatic carbocycles. The zero-order chi connectivity index (χ0) is 13.9. The van der Waals surface area contributed by atoms with Gasteiger partial charge in [0.1, 0.15) is 19.2 Å². The average Bonchev–Trinajstić information content (AvgIpc) is 3.10. The zero-order valence-electron chi connectivity index (χ0n) is 11.3. The van der Waals surface area contributed by atoms with Gasteiger partial charge in [0.2, 0.25) is 11.8 Å². The molecule has 0 spiro atoms. The fourth-order valence-electron chi connectivity index (χ4n) is 2.44. The summed E-state index contributed by atoms with van der Waals surface area (Å²) in [5, 5.41) is 7.76. The standard InChI is InChI=1S/C12H16N6O2/c1-9-15-12(20-16-9)10-3-2-4-17(5-10)11(19)6-18-8-13-7-14-18/h7-8,10H,2-6H2,1H3. The highest BCUT2D eigenvalue weighted by atomic mass is 16.5. The fourth-order valence-corrected chi connectivity index (χ4v) is 2.44. The number of aryl methyl sites for hydroxylation is 1. The Morgan fingerprint density at radius 2 is 2.45 bits per heavy atom. The van der Waals surface area contributed by atoms with Crippen LogP contribution in [0, 0.1) is 6.92 Å². The Labute approximate surface area is 115 Å². The minimum Gasteiger partial charge on any atom is -0.340 e. The van der Waals surface area contributed by atoms with Crippen LogP contribution in [0.3, 0.4) is 0 Å². The Balaban J connectivity index is 1.64. The smallest absolute Gasteiger partial charge is 0.244 e. The topological polar surface area (TPSA) is 89.9 Å². The molecule has 2 aromatic heterocycles. The highest BCUT2D eigenvalue weighted by Gasteiger charge is 2.28. The van der Waals surface area contributed by atoms with E-state index < -0.39 is 0 Å². The summed E-state index contributed by atoms with van der Waals surface area (Å²) in [7, 11) is 0. The third-order valence-corrected chi connectivity index (χ3v) is 3.43. The number of likely N-dealkylation sites (tertiary alicyclic amines) is 1. The van der Waals surface area contributed by atoms with E-state index in [1.54, 1.807) is 13.3 Å². The number of carbonyl (C=O) groups is 1. The van der Waals surface area contributed by atoms with Crippen molar-refractivity contribution in [2.75, 3.05) is 13.1 Å². The van der Waals surface area contributed by atoms with Crippen molar-refractivity contribution < 1.29 is 9.32 Å². The maximum Gasteiger partial charge on any atom is 0.244 e. The molecule has 1 unspecified atom stereocenters. The molecular weight excluding hydrogens is 260 g/mol. The molecule has 0 N–H and O–H groups in total. The number of piperidine rings is 1. The minimum atomic E-state index is 0.0384. The number of hydrogen-bond donors (Lipinski definition) is 0. The summed E-state index contributed by atoms with van der Waals surface area (Å²) in [6, 6.07) is 0. The highest BCUT2D eigenvalue weighted by molar-refractivity contribution is 5.76. The van der Waals surface area contributed by atoms with Crippen molar-refractivity contribution in [3.63, 3.8) is 0 Å². The molecule has 0 radical (unpaired) electrons. The second kappa shape index (κ2) is 5.40. The first-order valence-electron chi connectivity index (χ1n) is 6.63. The highest BCUT2D eigenvalue weighted by Crippen LogP contribution is 2.25. The lowest BCUT2D eigenvalue weighted by atomic mass is 9.98. The Kier molecular flexibility index (Phi) is 3.44. The van der Waals surface area contributed by atoms with Gasteiger partial charge >= 0.3 is 0 Å². The molecule has 3 heterocycles. The molecule has 8 heteroatoms. The van der Waals surface area contributed by atoms with Gasteiger partial charge in [-0.25, -0.2) is 9.67 Å². The number of rotatable bonds is 3. The lowest BCUT2D eigenvalue weighted by Crippen LogP contribution is -2.41. The SMILES string of the molecule is Cc1noc(C2CCCN(C(=O)Cn3cncn3)C2)n1. The van der Waals surface area contributed by atoms with Gasteiger partial charge in [-0.05, 0) is 19.8 Å². The van der Waals surface area contributed by atoms with Crippen LogP contribution in [0.2, 0.25) is 0 Å². The van der Waals surface area contributed by atoms with E-state index in [0.29, 0.717) is 18.3 Å². The Bertz CT molecular complexity index is 579. The molecule has 8 nitrogen and oxygen atoms in total. The lowest BCUT2D eigenvalue weighted by Gasteiger charge is -2.30. The van der Waals surface area contributed by atoms with E-state index in [1.807, 2.05) is 4.90 Å². The molecular formula is C12H16N6O2. The average molecular weight is 276 g/mol. The summed E-state index contributed by atoms with van der Waals surface area (Å²) in [6.45, 7) is 3.39. The van der Waals surface area contributed by atoms with Crippen LogP contribution >= 0.6 is 0 Å². The summed E-state index contributed by atoms with van der Waals surface area (Å²) in [5.41, 5.74) is 0. The van der Waals surface area contributed by atoms with Crippen LogP contribution in [-0.2, 0) is 11.3 Å². The predicted octanol–water partition coefficient (Wildman–Crippen LogP) is 0.376. The normalized spacial score (nSPS) is 19.2. The first-order valence-corrected chi connectivity index (χ1v) is 6.63. The first kappa shape index (κ1) is 12.8. The monoisotopic (exact) mass is 276 g/mol. The van der Waals surface area contributed by atoms with Crippen LogP contribution in [0.5, 0.6) is 0 Å². The molecule has 1 aliphatic rings. The summed E-state index contributed by atoms with van der Waals surface area (Å²) >= 11 is 0. The number of nitrogens with zero attached hydrogens (tertiary/aromatic N) is 6. The van der Waals surface area contributed by atoms with E-state index in [1.165, 1.54) is 11.0 Å². The van der Waals surface area contributed by atoms with Gasteiger partial charge in [-0.3, -0.25) is 4.79 Å². The van der Waals surface area contributed by atoms with Crippen LogP contribution in [-0.4, -0.2) is 48.8 Å². The number of carbonyl (C=O) groups excluding carboxylic acids is 1. The van der Waals surface area contributed by atoms with Crippen molar-refractivity contribution in [3.8, 4) is 0 Å². The molecule has 1 saturated heterocycles. The van der Waals surface area contributed by atoms with Crippen LogP contribution in [0.15, 0.2) is 17.2 Å². The van der Waals surface area contributed by atoms with E-state index in [0.717, 1.165) is 19.4 Å². The molecule has 106 valence electrons. The van der Waals surface area contributed by atoms with Gasteiger partial charge in [-0.15, -0.1) is 0 Å². The van der Waals surface area contributed by atoms with Crippen molar-refractivity contribution in [1.82, 2.24) is 29.8 Å². The summed E-state index contributed by atoms with van der Waals surface area (Å²) in [6.07, 6.45) is 4.87. The molecule has 1 atom stereocenters. The number of aromatic nitrogens is 5. The molecule has 3 rings (SSSR count). The predicted molar refractivity (Wildman–Crippen MR) is 67.6 cm³/mol. The number of hydrogen-bond acceptors (Lipinski definition) is 6. The summed E-state index contributed by atoms with van der Waals surface area (Å²) < 4.78 is 6.74. The van der Waals surface area contributed by atoms with Crippen molar-refractivity contribution in [3.05, 3.63) is 24.4 Å². The maximum absolute atomic E-state index is 12.2. The minimum absolute atomic E-state index is 0.0384. The second-order valence-electron chi connectivity index (χ2n) is 4.95. The van der Waals surface area contributed by atoms with Crippen molar-refractivity contribution in [2.45, 2.75) is 32.2 Å². The van der Waals surface area contributed by atoms with E-state index in [2.05, 4.69) is 20.2 Å². The molecule has 0 saturated carbocycles. The zero-order valence-corrected chi connectivity index (χ0v) is 11.3. The van der Waals surface area contributed by atoms with Crippen LogP contribution in [0.1, 0.15) is 30.5 Å². The van der Waals surface area contributed by atoms with E-state index in [9.17, 15) is 4.79 Å². The molecule has 0 aliphatic carbocycles. The second-order valence-corrected chi connectivity index (χ2v) is 4.95. The lowest BCUT2D eigenvalue weighted by molar-refractivity contribution is -0.133. The quantitative estimate of drug-likeness (QED) is 0.804. The third-order valence-electron chi connectivity index (χ3n) is 3.43. The van der Waals surface area contributed by atoms with Crippen LogP contribution in [0.4, 0.5) is 0 Å². The Morgan fingerprint density at radius 1 is 1.55 bits per heavy atom. The first-order chi connectivity index (χ1) is 9.72. The van der Waals surface area contributed by atoms with Crippen molar-refractivity contribution in [1.29, 1.82) is 0 Å². The van der Waals surface area contributed by atoms with Crippen molar-refractivity contribution in [2.24, 2.45) is 0 Å². The summed E-state index contributed by atoms with van der Waals surface area (Å²) in [4.78, 5) is 22.1. The Hall–Kier alpha value is -2.25. The van der Waals surface area contributed by atoms with Gasteiger partial charge in [-0.2, -0.15) is 10.1 Å². The Morgan fingerprint density at radius 3 is 3.15 bits per heavy atom. The van der Waals surface area contributed by atoms with Gasteiger partial charge in [0.05, 0.1) is 5.92 Å². The van der Waals surface area contributed by atoms with Crippen molar-refractivity contribution >= 4 is 5.91 Å². The van der Waals surface area contributed by atoms with Gasteiger partial charge in [0.15, 0.2) is 5.82 Å².